The van der Waals surface area contributed by atoms with Crippen molar-refractivity contribution in [2.75, 3.05) is 39.8 Å². The molecule has 2 saturated heterocycles. The Kier molecular flexibility index (Phi) is 3.81. The van der Waals surface area contributed by atoms with Crippen LogP contribution in [0, 0.1) is 17.8 Å². The van der Waals surface area contributed by atoms with Crippen LogP contribution in [-0.2, 0) is 9.53 Å². The zero-order chi connectivity index (χ0) is 13.4. The lowest BCUT2D eigenvalue weighted by Crippen LogP contribution is -2.51. The maximum atomic E-state index is 12.4. The van der Waals surface area contributed by atoms with E-state index in [-0.39, 0.29) is 6.10 Å². The van der Waals surface area contributed by atoms with Gasteiger partial charge in [0.25, 0.3) is 0 Å². The molecule has 3 fully saturated rings. The molecule has 2 aliphatic heterocycles. The van der Waals surface area contributed by atoms with Crippen LogP contribution in [0.5, 0.6) is 0 Å². The predicted octanol–water partition coefficient (Wildman–Crippen LogP) is 1.21. The minimum Gasteiger partial charge on any atom is -0.375 e. The van der Waals surface area contributed by atoms with Gasteiger partial charge in [0, 0.05) is 38.0 Å². The van der Waals surface area contributed by atoms with E-state index in [1.807, 2.05) is 0 Å². The summed E-state index contributed by atoms with van der Waals surface area (Å²) in [4.78, 5) is 16.8. The van der Waals surface area contributed by atoms with Gasteiger partial charge >= 0.3 is 0 Å². The topological polar surface area (TPSA) is 32.8 Å². The molecule has 4 nitrogen and oxygen atoms in total. The molecule has 2 heterocycles. The Labute approximate surface area is 116 Å². The molecule has 0 spiro atoms. The zero-order valence-electron chi connectivity index (χ0n) is 12.2. The lowest BCUT2D eigenvalue weighted by Gasteiger charge is -2.41. The van der Waals surface area contributed by atoms with Crippen LogP contribution in [0.2, 0.25) is 0 Å². The standard InChI is InChI=1S/C15H26N2O2/c1-11-7-13(8-11)15(18)17-4-3-12-9-16(2)5-6-19-14(12)10-17/h11-14H,3-10H2,1-2H3. The summed E-state index contributed by atoms with van der Waals surface area (Å²) in [5.41, 5.74) is 0. The maximum absolute atomic E-state index is 12.4. The first-order valence-electron chi connectivity index (χ1n) is 7.72. The first kappa shape index (κ1) is 13.4. The molecule has 3 rings (SSSR count). The molecule has 0 N–H and O–H groups in total. The number of carbonyl (C=O) groups is 1. The third kappa shape index (κ3) is 2.79. The van der Waals surface area contributed by atoms with Gasteiger partial charge in [0.2, 0.25) is 5.91 Å². The number of ether oxygens (including phenoxy) is 1. The number of fused-ring (bicyclic) bond motifs is 1. The monoisotopic (exact) mass is 266 g/mol. The van der Waals surface area contributed by atoms with Crippen LogP contribution in [0.15, 0.2) is 0 Å². The van der Waals surface area contributed by atoms with Gasteiger partial charge < -0.3 is 14.5 Å². The normalized spacial score (nSPS) is 40.2. The van der Waals surface area contributed by atoms with Gasteiger partial charge in [-0.15, -0.1) is 0 Å². The fourth-order valence-corrected chi connectivity index (χ4v) is 3.78. The summed E-state index contributed by atoms with van der Waals surface area (Å²) in [6, 6.07) is 0. The number of amides is 1. The number of rotatable bonds is 1. The van der Waals surface area contributed by atoms with E-state index >= 15 is 0 Å². The molecule has 2 unspecified atom stereocenters. The summed E-state index contributed by atoms with van der Waals surface area (Å²) in [6.07, 6.45) is 3.54. The van der Waals surface area contributed by atoms with Crippen molar-refractivity contribution in [3.05, 3.63) is 0 Å². The van der Waals surface area contributed by atoms with Crippen LogP contribution in [0.25, 0.3) is 0 Å². The van der Waals surface area contributed by atoms with Gasteiger partial charge in [-0.1, -0.05) is 6.92 Å². The van der Waals surface area contributed by atoms with E-state index in [4.69, 9.17) is 4.74 Å². The molecule has 2 atom stereocenters. The lowest BCUT2D eigenvalue weighted by molar-refractivity contribution is -0.145. The third-order valence-electron chi connectivity index (χ3n) is 5.08. The van der Waals surface area contributed by atoms with Crippen molar-refractivity contribution in [1.82, 2.24) is 9.80 Å². The molecule has 0 aromatic carbocycles. The van der Waals surface area contributed by atoms with E-state index in [1.165, 1.54) is 0 Å². The Bertz CT molecular complexity index is 341. The van der Waals surface area contributed by atoms with E-state index in [0.717, 1.165) is 58.0 Å². The minimum absolute atomic E-state index is 0.264. The molecular formula is C15H26N2O2. The molecule has 4 heteroatoms. The summed E-state index contributed by atoms with van der Waals surface area (Å²) in [5, 5.41) is 0. The summed E-state index contributed by atoms with van der Waals surface area (Å²) >= 11 is 0. The highest BCUT2D eigenvalue weighted by atomic mass is 16.5. The summed E-state index contributed by atoms with van der Waals surface area (Å²) in [5.74, 6) is 2.05. The molecule has 108 valence electrons. The quantitative estimate of drug-likeness (QED) is 0.715. The summed E-state index contributed by atoms with van der Waals surface area (Å²) in [7, 11) is 2.17. The first-order chi connectivity index (χ1) is 9.13. The van der Waals surface area contributed by atoms with E-state index < -0.39 is 0 Å². The largest absolute Gasteiger partial charge is 0.375 e. The van der Waals surface area contributed by atoms with Gasteiger partial charge in [-0.05, 0) is 32.2 Å². The van der Waals surface area contributed by atoms with E-state index in [1.54, 1.807) is 0 Å². The molecule has 1 aliphatic carbocycles. The van der Waals surface area contributed by atoms with Crippen LogP contribution >= 0.6 is 0 Å². The van der Waals surface area contributed by atoms with Crippen molar-refractivity contribution in [2.24, 2.45) is 17.8 Å². The average Bonchev–Trinajstić information content (AvgIpc) is 2.54. The van der Waals surface area contributed by atoms with Gasteiger partial charge in [0.15, 0.2) is 0 Å². The number of hydrogen-bond acceptors (Lipinski definition) is 3. The highest BCUT2D eigenvalue weighted by Crippen LogP contribution is 2.35. The molecule has 0 aromatic rings. The number of piperidine rings is 1. The zero-order valence-corrected chi connectivity index (χ0v) is 12.2. The highest BCUT2D eigenvalue weighted by molar-refractivity contribution is 5.79. The van der Waals surface area contributed by atoms with Crippen LogP contribution in [-0.4, -0.2) is 61.6 Å². The Morgan fingerprint density at radius 2 is 2.00 bits per heavy atom. The van der Waals surface area contributed by atoms with Gasteiger partial charge in [-0.3, -0.25) is 4.79 Å². The minimum atomic E-state index is 0.264. The number of likely N-dealkylation sites (N-methyl/N-ethyl adjacent to an activating group) is 1. The van der Waals surface area contributed by atoms with E-state index in [2.05, 4.69) is 23.8 Å². The fourth-order valence-electron chi connectivity index (χ4n) is 3.78. The third-order valence-corrected chi connectivity index (χ3v) is 5.08. The number of likely N-dealkylation sites (tertiary alicyclic amines) is 1. The second-order valence-electron chi connectivity index (χ2n) is 6.78. The first-order valence-corrected chi connectivity index (χ1v) is 7.72. The van der Waals surface area contributed by atoms with Crippen molar-refractivity contribution < 1.29 is 9.53 Å². The van der Waals surface area contributed by atoms with Crippen molar-refractivity contribution in [3.63, 3.8) is 0 Å². The van der Waals surface area contributed by atoms with Crippen molar-refractivity contribution >= 4 is 5.91 Å². The van der Waals surface area contributed by atoms with Crippen molar-refractivity contribution in [1.29, 1.82) is 0 Å². The van der Waals surface area contributed by atoms with Crippen molar-refractivity contribution in [2.45, 2.75) is 32.3 Å². The molecule has 0 aromatic heterocycles. The Morgan fingerprint density at radius 3 is 2.74 bits per heavy atom. The molecular weight excluding hydrogens is 240 g/mol. The Hall–Kier alpha value is -0.610. The number of hydrogen-bond donors (Lipinski definition) is 0. The lowest BCUT2D eigenvalue weighted by atomic mass is 9.75. The van der Waals surface area contributed by atoms with E-state index in [9.17, 15) is 4.79 Å². The number of carbonyl (C=O) groups excluding carboxylic acids is 1. The van der Waals surface area contributed by atoms with Crippen LogP contribution in [0.1, 0.15) is 26.2 Å². The van der Waals surface area contributed by atoms with Crippen LogP contribution in [0.3, 0.4) is 0 Å². The molecule has 19 heavy (non-hydrogen) atoms. The number of nitrogens with zero attached hydrogens (tertiary/aromatic N) is 2. The average molecular weight is 266 g/mol. The molecule has 1 saturated carbocycles. The Balaban J connectivity index is 1.57. The van der Waals surface area contributed by atoms with Crippen LogP contribution in [0.4, 0.5) is 0 Å². The summed E-state index contributed by atoms with van der Waals surface area (Å²) < 4.78 is 5.97. The van der Waals surface area contributed by atoms with Gasteiger partial charge in [0.05, 0.1) is 12.7 Å². The second kappa shape index (κ2) is 5.41. The van der Waals surface area contributed by atoms with Gasteiger partial charge in [0.1, 0.15) is 0 Å². The highest BCUT2D eigenvalue weighted by Gasteiger charge is 2.39. The maximum Gasteiger partial charge on any atom is 0.225 e. The van der Waals surface area contributed by atoms with E-state index in [0.29, 0.717) is 17.7 Å². The molecule has 3 aliphatic rings. The summed E-state index contributed by atoms with van der Waals surface area (Å²) in [6.45, 7) is 6.93. The molecule has 0 radical (unpaired) electrons. The van der Waals surface area contributed by atoms with Gasteiger partial charge in [-0.2, -0.15) is 0 Å². The SMILES string of the molecule is CC1CC(C(=O)N2CCC3CN(C)CCOC3C2)C1. The smallest absolute Gasteiger partial charge is 0.225 e. The Morgan fingerprint density at radius 1 is 1.21 bits per heavy atom. The predicted molar refractivity (Wildman–Crippen MR) is 73.8 cm³/mol. The fraction of sp³-hybridized carbons (Fsp3) is 0.933. The molecule has 1 amide bonds. The second-order valence-corrected chi connectivity index (χ2v) is 6.78. The molecule has 0 bridgehead atoms. The van der Waals surface area contributed by atoms with Gasteiger partial charge in [-0.25, -0.2) is 0 Å². The van der Waals surface area contributed by atoms with Crippen LogP contribution < -0.4 is 0 Å². The van der Waals surface area contributed by atoms with Crippen molar-refractivity contribution in [3.8, 4) is 0 Å².